The van der Waals surface area contributed by atoms with Crippen LogP contribution in [0.15, 0.2) is 91.3 Å². The largest absolute Gasteiger partial charge is 0.496 e. The van der Waals surface area contributed by atoms with Crippen LogP contribution in [0.25, 0.3) is 28.0 Å². The van der Waals surface area contributed by atoms with E-state index in [0.29, 0.717) is 66.4 Å². The van der Waals surface area contributed by atoms with Gasteiger partial charge in [-0.25, -0.2) is 19.0 Å². The first-order valence-corrected chi connectivity index (χ1v) is 23.1. The fraction of sp³-hybridized carbons (Fsp3) is 0.353. The Bertz CT molecular complexity index is 2730. The van der Waals surface area contributed by atoms with Gasteiger partial charge in [0.25, 0.3) is 5.91 Å². The monoisotopic (exact) mass is 923 g/mol. The smallest absolute Gasteiger partial charge is 0.255 e. The first-order chi connectivity index (χ1) is 33.1. The number of nitrogens with two attached hydrogens (primary N) is 1. The highest BCUT2D eigenvalue weighted by molar-refractivity contribution is 6.02. The van der Waals surface area contributed by atoms with Gasteiger partial charge in [-0.2, -0.15) is 5.10 Å². The number of imide groups is 1. The molecule has 4 N–H and O–H groups in total. The van der Waals surface area contributed by atoms with Gasteiger partial charge in [0.15, 0.2) is 5.65 Å². The number of rotatable bonds is 15. The normalized spacial score (nSPS) is 15.6. The highest BCUT2D eigenvalue weighted by Gasteiger charge is 2.36. The lowest BCUT2D eigenvalue weighted by molar-refractivity contribution is -0.129. The molecule has 0 spiro atoms. The van der Waals surface area contributed by atoms with Gasteiger partial charge in [0.05, 0.1) is 18.2 Å². The number of carbonyl (C=O) groups excluding carboxylic acids is 4. The first kappa shape index (κ1) is 47.1. The van der Waals surface area contributed by atoms with E-state index in [4.69, 9.17) is 15.6 Å². The Labute approximate surface area is 395 Å². The van der Waals surface area contributed by atoms with Crippen LogP contribution in [0.3, 0.4) is 0 Å². The summed E-state index contributed by atoms with van der Waals surface area (Å²) in [6, 6.07) is 26.1. The first-order valence-electron chi connectivity index (χ1n) is 23.1. The van der Waals surface area contributed by atoms with Crippen molar-refractivity contribution in [2.24, 2.45) is 5.92 Å². The molecule has 2 aromatic heterocycles. The molecule has 5 heterocycles. The molecule has 354 valence electrons. The molecule has 4 aromatic carbocycles. The lowest BCUT2D eigenvalue weighted by Gasteiger charge is -2.40. The van der Waals surface area contributed by atoms with Crippen molar-refractivity contribution in [3.8, 4) is 22.7 Å². The van der Waals surface area contributed by atoms with Crippen LogP contribution in [0.1, 0.15) is 59.7 Å². The van der Waals surface area contributed by atoms with Crippen LogP contribution in [0.2, 0.25) is 0 Å². The van der Waals surface area contributed by atoms with E-state index in [1.807, 2.05) is 54.9 Å². The molecule has 16 nitrogen and oxygen atoms in total. The van der Waals surface area contributed by atoms with Crippen LogP contribution in [-0.2, 0) is 27.5 Å². The third-order valence-corrected chi connectivity index (χ3v) is 13.2. The minimum atomic E-state index is -0.662. The molecule has 4 amide bonds. The quantitative estimate of drug-likeness (QED) is 0.104. The van der Waals surface area contributed by atoms with Crippen molar-refractivity contribution < 1.29 is 28.3 Å². The van der Waals surface area contributed by atoms with Gasteiger partial charge < -0.3 is 30.5 Å². The summed E-state index contributed by atoms with van der Waals surface area (Å²) in [4.78, 5) is 65.3. The average Bonchev–Trinajstić information content (AvgIpc) is 3.91. The lowest BCUT2D eigenvalue weighted by atomic mass is 9.95. The number of piperidine rings is 1. The second kappa shape index (κ2) is 21.5. The number of hydrogen-bond donors (Lipinski definition) is 3. The predicted octanol–water partition coefficient (Wildman–Crippen LogP) is 5.89. The highest BCUT2D eigenvalue weighted by Crippen LogP contribution is 2.34. The minimum Gasteiger partial charge on any atom is -0.496 e. The van der Waals surface area contributed by atoms with Crippen molar-refractivity contribution >= 4 is 52.9 Å². The Kier molecular flexibility index (Phi) is 14.9. The Morgan fingerprint density at radius 3 is 2.26 bits per heavy atom. The highest BCUT2D eigenvalue weighted by atomic mass is 19.1. The fourth-order valence-corrected chi connectivity index (χ4v) is 9.50. The maximum Gasteiger partial charge on any atom is 0.255 e. The molecule has 6 aromatic rings. The predicted molar refractivity (Wildman–Crippen MR) is 260 cm³/mol. The number of aromatic nitrogens is 4. The zero-order chi connectivity index (χ0) is 47.7. The van der Waals surface area contributed by atoms with Gasteiger partial charge in [-0.15, -0.1) is 0 Å². The van der Waals surface area contributed by atoms with Gasteiger partial charge in [0.2, 0.25) is 18.7 Å². The number of fused-ring (bicyclic) bond motifs is 2. The fourth-order valence-electron chi connectivity index (χ4n) is 9.50. The lowest BCUT2D eigenvalue weighted by Crippen LogP contribution is -2.49. The van der Waals surface area contributed by atoms with Crippen molar-refractivity contribution in [1.29, 1.82) is 0 Å². The molecule has 0 saturated carbocycles. The van der Waals surface area contributed by atoms with Crippen LogP contribution in [0, 0.1) is 18.7 Å². The summed E-state index contributed by atoms with van der Waals surface area (Å²) in [7, 11) is 1.57. The number of nitrogens with zero attached hydrogens (tertiary/aromatic N) is 8. The summed E-state index contributed by atoms with van der Waals surface area (Å²) in [6.07, 6.45) is 6.03. The summed E-state index contributed by atoms with van der Waals surface area (Å²) < 4.78 is 19.2. The van der Waals surface area contributed by atoms with E-state index in [1.165, 1.54) is 24.1 Å². The summed E-state index contributed by atoms with van der Waals surface area (Å²) in [6.45, 7) is 11.5. The molecule has 17 heteroatoms. The van der Waals surface area contributed by atoms with Crippen molar-refractivity contribution in [2.75, 3.05) is 68.5 Å². The molecule has 9 rings (SSSR count). The van der Waals surface area contributed by atoms with Crippen molar-refractivity contribution in [3.05, 3.63) is 119 Å². The molecule has 1 atom stereocenters. The number of ether oxygens (including phenoxy) is 1. The Balaban J connectivity index is 0.000000556. The third kappa shape index (κ3) is 10.4. The van der Waals surface area contributed by atoms with E-state index >= 15 is 0 Å². The molecule has 2 saturated heterocycles. The summed E-state index contributed by atoms with van der Waals surface area (Å²) in [5.74, 6) is 0.921. The van der Waals surface area contributed by atoms with E-state index in [0.717, 1.165) is 104 Å². The molecule has 0 radical (unpaired) electrons. The standard InChI is InChI=1S/C43H49N11O4.C8H9FO/c1-2-3-37(42(57)48-28-56)53-25-32-22-35(12-13-36(32)43(53)58)52-20-18-50(19-21-52)24-30-14-16-51(17-15-30)33-8-10-34(11-9-33)54-41-38(40(44)46-26-47-41)39(49-54)31-6-4-29(5-7-31)23-45-27-55;1-6-5-7(9)3-4-8(6)10-2/h4-13,22,26-28,30,37H,2-3,14-21,23-25H2,1H3,(H,45,55)(H2,44,46,47)(H,48,56,57);3-5H,1-2H3. The van der Waals surface area contributed by atoms with Gasteiger partial charge in [0.1, 0.15) is 35.4 Å². The minimum absolute atomic E-state index is 0.154. The Morgan fingerprint density at radius 2 is 1.59 bits per heavy atom. The van der Waals surface area contributed by atoms with Crippen molar-refractivity contribution in [2.45, 2.75) is 58.7 Å². The molecule has 0 aliphatic carbocycles. The van der Waals surface area contributed by atoms with Crippen molar-refractivity contribution in [3.63, 3.8) is 0 Å². The maximum absolute atomic E-state index is 13.2. The number of aryl methyl sites for hydroxylation is 1. The molecule has 68 heavy (non-hydrogen) atoms. The van der Waals surface area contributed by atoms with Crippen LogP contribution < -0.4 is 30.9 Å². The van der Waals surface area contributed by atoms with Crippen LogP contribution >= 0.6 is 0 Å². The molecular weight excluding hydrogens is 866 g/mol. The number of hydrogen-bond acceptors (Lipinski definition) is 12. The second-order valence-corrected chi connectivity index (χ2v) is 17.5. The van der Waals surface area contributed by atoms with E-state index in [-0.39, 0.29) is 11.7 Å². The number of anilines is 3. The van der Waals surface area contributed by atoms with Gasteiger partial charge in [-0.05, 0) is 109 Å². The number of amides is 4. The number of nitrogen functional groups attached to an aromatic ring is 1. The molecule has 2 fully saturated rings. The van der Waals surface area contributed by atoms with Gasteiger partial charge in [-0.1, -0.05) is 37.6 Å². The summed E-state index contributed by atoms with van der Waals surface area (Å²) in [5, 5.41) is 10.6. The van der Waals surface area contributed by atoms with Crippen LogP contribution in [0.4, 0.5) is 21.6 Å². The summed E-state index contributed by atoms with van der Waals surface area (Å²) >= 11 is 0. The molecular formula is C51H58FN11O5. The second-order valence-electron chi connectivity index (χ2n) is 17.5. The van der Waals surface area contributed by atoms with Gasteiger partial charge in [0, 0.05) is 81.4 Å². The molecule has 3 aliphatic rings. The number of piperazine rings is 1. The zero-order valence-electron chi connectivity index (χ0n) is 38.7. The van der Waals surface area contributed by atoms with Gasteiger partial charge in [-0.3, -0.25) is 29.4 Å². The topological polar surface area (TPSA) is 184 Å². The van der Waals surface area contributed by atoms with E-state index in [9.17, 15) is 23.6 Å². The third-order valence-electron chi connectivity index (χ3n) is 13.2. The van der Waals surface area contributed by atoms with E-state index in [1.54, 1.807) is 18.1 Å². The number of methoxy groups -OCH3 is 1. The number of carbonyl (C=O) groups is 4. The Hall–Kier alpha value is -7.40. The Morgan fingerprint density at radius 1 is 0.882 bits per heavy atom. The molecule has 3 aliphatic heterocycles. The van der Waals surface area contributed by atoms with Crippen LogP contribution in [0.5, 0.6) is 5.75 Å². The SMILES string of the molecule is CCCC(C(=O)NC=O)N1Cc2cc(N3CCN(CC4CCN(c5ccc(-n6nc(-c7ccc(CNC=O)cc7)c7c(N)ncnc76)cc5)CC4)CC3)ccc2C1=O.COc1ccc(F)cc1C. The summed E-state index contributed by atoms with van der Waals surface area (Å²) in [5.41, 5.74) is 15.1. The maximum atomic E-state index is 13.2. The number of benzene rings is 4. The zero-order valence-corrected chi connectivity index (χ0v) is 38.7. The van der Waals surface area contributed by atoms with Gasteiger partial charge >= 0.3 is 0 Å². The molecule has 0 bridgehead atoms. The van der Waals surface area contributed by atoms with Crippen molar-refractivity contribution in [1.82, 2.24) is 40.2 Å². The van der Waals surface area contributed by atoms with E-state index < -0.39 is 11.9 Å². The molecule has 1 unspecified atom stereocenters. The van der Waals surface area contributed by atoms with E-state index in [2.05, 4.69) is 65.6 Å². The average molecular weight is 924 g/mol. The number of halogens is 1. The van der Waals surface area contributed by atoms with Crippen LogP contribution in [-0.4, -0.2) is 113 Å². The number of nitrogens with one attached hydrogen (secondary N) is 2.